The Labute approximate surface area is 170 Å². The summed E-state index contributed by atoms with van der Waals surface area (Å²) in [5.41, 5.74) is 4.48. The van der Waals surface area contributed by atoms with Gasteiger partial charge in [0.05, 0.1) is 5.56 Å². The van der Waals surface area contributed by atoms with E-state index in [1.165, 1.54) is 11.8 Å². The molecule has 0 radical (unpaired) electrons. The average molecular weight is 426 g/mol. The van der Waals surface area contributed by atoms with Crippen molar-refractivity contribution in [1.29, 1.82) is 0 Å². The fourth-order valence-electron chi connectivity index (χ4n) is 2.19. The van der Waals surface area contributed by atoms with E-state index < -0.39 is 5.97 Å². The van der Waals surface area contributed by atoms with Gasteiger partial charge in [-0.05, 0) is 53.7 Å². The summed E-state index contributed by atoms with van der Waals surface area (Å²) in [6.45, 7) is 0. The molecule has 0 spiro atoms. The van der Waals surface area contributed by atoms with Crippen molar-refractivity contribution in [2.75, 3.05) is 7.05 Å². The molecule has 134 valence electrons. The van der Waals surface area contributed by atoms with Gasteiger partial charge < -0.3 is 4.84 Å². The lowest BCUT2D eigenvalue weighted by Crippen LogP contribution is -2.47. The van der Waals surface area contributed by atoms with Gasteiger partial charge in [-0.25, -0.2) is 10.2 Å². The number of carbonyl (C=O) groups is 1. The minimum absolute atomic E-state index is 0.313. The highest BCUT2D eigenvalue weighted by Crippen LogP contribution is 2.29. The summed E-state index contributed by atoms with van der Waals surface area (Å²) in [6, 6.07) is 13.4. The van der Waals surface area contributed by atoms with Gasteiger partial charge in [0.15, 0.2) is 4.32 Å². The molecular weight excluding hydrogens is 413 g/mol. The largest absolute Gasteiger partial charge is 0.365 e. The summed E-state index contributed by atoms with van der Waals surface area (Å²) in [7, 11) is 1.81. The highest BCUT2D eigenvalue weighted by molar-refractivity contribution is 8.33. The molecule has 0 bridgehead atoms. The number of hydrogen-bond donors (Lipinski definition) is 1. The van der Waals surface area contributed by atoms with Crippen molar-refractivity contribution in [3.05, 3.63) is 69.7 Å². The Balaban J connectivity index is 1.82. The normalized spacial score (nSPS) is 18.9. The Morgan fingerprint density at radius 3 is 2.35 bits per heavy atom. The third-order valence-electron chi connectivity index (χ3n) is 3.54. The third-order valence-corrected chi connectivity index (χ3v) is 5.53. The van der Waals surface area contributed by atoms with E-state index in [9.17, 15) is 4.79 Å². The van der Waals surface area contributed by atoms with Crippen LogP contribution in [0.5, 0.6) is 0 Å². The molecule has 0 aromatic heterocycles. The molecule has 1 fully saturated rings. The van der Waals surface area contributed by atoms with Crippen LogP contribution in [0.15, 0.2) is 53.7 Å². The highest BCUT2D eigenvalue weighted by Gasteiger charge is 2.29. The van der Waals surface area contributed by atoms with Crippen LogP contribution in [0, 0.1) is 0 Å². The fourth-order valence-corrected chi connectivity index (χ4v) is 3.50. The minimum Gasteiger partial charge on any atom is -0.312 e. The van der Waals surface area contributed by atoms with E-state index in [0.29, 0.717) is 25.0 Å². The molecule has 2 aromatic rings. The summed E-state index contributed by atoms with van der Waals surface area (Å²) in [5.74, 6) is -0.575. The number of halogens is 2. The van der Waals surface area contributed by atoms with E-state index in [2.05, 4.69) is 10.6 Å². The smallest absolute Gasteiger partial charge is 0.312 e. The second-order valence-electron chi connectivity index (χ2n) is 5.36. The average Bonchev–Trinajstić information content (AvgIpc) is 2.63. The maximum atomic E-state index is 12.2. The van der Waals surface area contributed by atoms with Gasteiger partial charge in [0, 0.05) is 17.1 Å². The molecule has 1 atom stereocenters. The van der Waals surface area contributed by atoms with Crippen molar-refractivity contribution in [3.63, 3.8) is 0 Å². The number of thiocarbonyl (C=S) groups is 1. The summed E-state index contributed by atoms with van der Waals surface area (Å²) < 4.78 is 0.566. The van der Waals surface area contributed by atoms with Crippen LogP contribution in [0.2, 0.25) is 10.0 Å². The van der Waals surface area contributed by atoms with Crippen molar-refractivity contribution < 1.29 is 9.63 Å². The van der Waals surface area contributed by atoms with Crippen LogP contribution in [0.4, 0.5) is 0 Å². The van der Waals surface area contributed by atoms with Crippen LogP contribution >= 0.6 is 47.2 Å². The molecule has 0 saturated carbocycles. The van der Waals surface area contributed by atoms with Gasteiger partial charge in [0.25, 0.3) is 0 Å². The highest BCUT2D eigenvalue weighted by atomic mass is 35.5. The first kappa shape index (κ1) is 19.1. The number of carbonyl (C=O) groups excluding carboxylic acids is 1. The number of benzene rings is 2. The van der Waals surface area contributed by atoms with E-state index >= 15 is 0 Å². The number of nitrogens with one attached hydrogen (secondary N) is 1. The SMILES string of the molecule is CN1NC(c2ccc(Cl)cc2)/C(=N\OC(=O)c2ccc(Cl)cc2)SC1=S. The molecule has 1 N–H and O–H groups in total. The Hall–Kier alpha value is -1.64. The first-order valence-corrected chi connectivity index (χ1v) is 9.44. The molecule has 1 aliphatic rings. The molecule has 1 unspecified atom stereocenters. The Morgan fingerprint density at radius 2 is 1.73 bits per heavy atom. The van der Waals surface area contributed by atoms with Crippen LogP contribution in [0.3, 0.4) is 0 Å². The quantitative estimate of drug-likeness (QED) is 0.437. The molecule has 5 nitrogen and oxygen atoms in total. The van der Waals surface area contributed by atoms with Gasteiger partial charge in [0.1, 0.15) is 11.1 Å². The second kappa shape index (κ2) is 8.37. The van der Waals surface area contributed by atoms with Crippen LogP contribution in [0.1, 0.15) is 22.0 Å². The standard InChI is InChI=1S/C17H13Cl2N3O2S2/c1-22-17(25)26-15(14(20-22)10-2-6-12(18)7-3-10)21-24-16(23)11-4-8-13(19)9-5-11/h2-9,14,20H,1H3/b21-15+. The minimum atomic E-state index is -0.575. The fraction of sp³-hybridized carbons (Fsp3) is 0.118. The van der Waals surface area contributed by atoms with E-state index in [0.717, 1.165) is 5.56 Å². The zero-order valence-corrected chi connectivity index (χ0v) is 16.6. The van der Waals surface area contributed by atoms with Gasteiger partial charge in [-0.15, -0.1) is 0 Å². The second-order valence-corrected chi connectivity index (χ2v) is 7.88. The van der Waals surface area contributed by atoms with E-state index in [1.807, 2.05) is 19.2 Å². The van der Waals surface area contributed by atoms with Gasteiger partial charge in [0.2, 0.25) is 0 Å². The lowest BCUT2D eigenvalue weighted by Gasteiger charge is -2.33. The molecule has 0 aliphatic carbocycles. The number of hydrogen-bond acceptors (Lipinski definition) is 6. The lowest BCUT2D eigenvalue weighted by atomic mass is 10.1. The van der Waals surface area contributed by atoms with E-state index in [4.69, 9.17) is 40.3 Å². The molecule has 9 heteroatoms. The summed E-state index contributed by atoms with van der Waals surface area (Å²) in [6.07, 6.45) is 0. The molecule has 2 aromatic carbocycles. The Bertz CT molecular complexity index is 857. The number of hydrazine groups is 1. The molecule has 1 aliphatic heterocycles. The van der Waals surface area contributed by atoms with Crippen molar-refractivity contribution in [2.24, 2.45) is 5.16 Å². The molecule has 26 heavy (non-hydrogen) atoms. The maximum absolute atomic E-state index is 12.2. The van der Waals surface area contributed by atoms with Crippen LogP contribution in [0.25, 0.3) is 0 Å². The molecule has 1 heterocycles. The lowest BCUT2D eigenvalue weighted by molar-refractivity contribution is 0.0515. The topological polar surface area (TPSA) is 53.9 Å². The number of nitrogens with zero attached hydrogens (tertiary/aromatic N) is 2. The van der Waals surface area contributed by atoms with Crippen LogP contribution < -0.4 is 5.43 Å². The zero-order valence-electron chi connectivity index (χ0n) is 13.5. The van der Waals surface area contributed by atoms with Gasteiger partial charge in [-0.3, -0.25) is 5.01 Å². The Morgan fingerprint density at radius 1 is 1.15 bits per heavy atom. The molecule has 1 saturated heterocycles. The Kier molecular flexibility index (Phi) is 6.16. The summed E-state index contributed by atoms with van der Waals surface area (Å²) in [4.78, 5) is 17.3. The first-order chi connectivity index (χ1) is 12.4. The zero-order chi connectivity index (χ0) is 18.7. The van der Waals surface area contributed by atoms with Crippen LogP contribution in [-0.2, 0) is 4.84 Å². The van der Waals surface area contributed by atoms with Crippen molar-refractivity contribution in [3.8, 4) is 0 Å². The van der Waals surface area contributed by atoms with Crippen molar-refractivity contribution >= 4 is 62.5 Å². The first-order valence-electron chi connectivity index (χ1n) is 7.46. The number of thioether (sulfide) groups is 1. The molecule has 0 amide bonds. The number of oxime groups is 1. The van der Waals surface area contributed by atoms with Crippen molar-refractivity contribution in [1.82, 2.24) is 10.4 Å². The van der Waals surface area contributed by atoms with Gasteiger partial charge >= 0.3 is 5.97 Å². The summed E-state index contributed by atoms with van der Waals surface area (Å²) in [5, 5.41) is 7.45. The van der Waals surface area contributed by atoms with Crippen LogP contribution in [-0.4, -0.2) is 27.4 Å². The van der Waals surface area contributed by atoms with E-state index in [1.54, 1.807) is 41.4 Å². The van der Waals surface area contributed by atoms with Gasteiger partial charge in [-0.2, -0.15) is 0 Å². The third kappa shape index (κ3) is 4.55. The molecular formula is C17H13Cl2N3O2S2. The molecule has 3 rings (SSSR count). The predicted molar refractivity (Wildman–Crippen MR) is 110 cm³/mol. The summed E-state index contributed by atoms with van der Waals surface area (Å²) >= 11 is 18.3. The van der Waals surface area contributed by atoms with E-state index in [-0.39, 0.29) is 6.04 Å². The van der Waals surface area contributed by atoms with Crippen molar-refractivity contribution in [2.45, 2.75) is 6.04 Å². The monoisotopic (exact) mass is 425 g/mol. The maximum Gasteiger partial charge on any atom is 0.365 e. The van der Waals surface area contributed by atoms with Gasteiger partial charge in [-0.1, -0.05) is 52.7 Å². The predicted octanol–water partition coefficient (Wildman–Crippen LogP) is 4.67. The number of rotatable bonds is 3.